The molecule has 0 fully saturated rings. The van der Waals surface area contributed by atoms with E-state index in [1.165, 1.54) is 23.6 Å². The van der Waals surface area contributed by atoms with Gasteiger partial charge in [0.05, 0.1) is 0 Å². The molecule has 4 nitrogen and oxygen atoms in total. The molecule has 1 aliphatic rings. The minimum absolute atomic E-state index is 0.00781. The molecule has 2 amide bonds. The van der Waals surface area contributed by atoms with Crippen molar-refractivity contribution in [2.45, 2.75) is 39.4 Å². The second-order valence-corrected chi connectivity index (χ2v) is 8.01. The summed E-state index contributed by atoms with van der Waals surface area (Å²) >= 11 is 0. The third-order valence-electron chi connectivity index (χ3n) is 5.54. The zero-order valence-electron chi connectivity index (χ0n) is 17.4. The normalized spacial score (nSPS) is 13.6. The van der Waals surface area contributed by atoms with Crippen LogP contribution in [0, 0.1) is 0 Å². The van der Waals surface area contributed by atoms with E-state index in [0.29, 0.717) is 18.7 Å². The van der Waals surface area contributed by atoms with Gasteiger partial charge in [-0.15, -0.1) is 0 Å². The number of hydrogen-bond acceptors (Lipinski definition) is 2. The molecule has 1 aliphatic heterocycles. The topological polar surface area (TPSA) is 49.4 Å². The number of carbonyl (C=O) groups is 2. The number of nitrogens with one attached hydrogen (secondary N) is 1. The van der Waals surface area contributed by atoms with Crippen LogP contribution in [0.15, 0.2) is 72.8 Å². The first-order chi connectivity index (χ1) is 14.5. The van der Waals surface area contributed by atoms with Crippen molar-refractivity contribution in [3.8, 4) is 11.1 Å². The van der Waals surface area contributed by atoms with Crippen molar-refractivity contribution in [1.82, 2.24) is 10.2 Å². The van der Waals surface area contributed by atoms with E-state index in [1.54, 1.807) is 0 Å². The summed E-state index contributed by atoms with van der Waals surface area (Å²) in [5.74, 6) is 0.0617. The molecule has 0 saturated carbocycles. The predicted molar refractivity (Wildman–Crippen MR) is 119 cm³/mol. The molecule has 152 valence electrons. The van der Waals surface area contributed by atoms with Gasteiger partial charge >= 0.3 is 0 Å². The van der Waals surface area contributed by atoms with Gasteiger partial charge in [0.1, 0.15) is 0 Å². The summed E-state index contributed by atoms with van der Waals surface area (Å²) in [6, 6.07) is 24.5. The number of carbonyl (C=O) groups excluding carboxylic acids is 2. The minimum atomic E-state index is -0.00781. The third-order valence-corrected chi connectivity index (χ3v) is 5.54. The van der Waals surface area contributed by atoms with Gasteiger partial charge in [0, 0.05) is 31.6 Å². The highest BCUT2D eigenvalue weighted by atomic mass is 16.2. The van der Waals surface area contributed by atoms with Crippen LogP contribution in [-0.4, -0.2) is 22.8 Å². The summed E-state index contributed by atoms with van der Waals surface area (Å²) in [6.07, 6.45) is 0.797. The average molecular weight is 399 g/mol. The Bertz CT molecular complexity index is 1030. The summed E-state index contributed by atoms with van der Waals surface area (Å²) in [5, 5.41) is 2.91. The molecule has 1 atom stereocenters. The van der Waals surface area contributed by atoms with E-state index in [1.807, 2.05) is 48.2 Å². The van der Waals surface area contributed by atoms with Crippen LogP contribution in [0.3, 0.4) is 0 Å². The molecule has 3 aromatic carbocycles. The number of hydrogen-bond donors (Lipinski definition) is 1. The van der Waals surface area contributed by atoms with Gasteiger partial charge in [0.25, 0.3) is 5.91 Å². The molecule has 4 heteroatoms. The van der Waals surface area contributed by atoms with E-state index in [2.05, 4.69) is 41.7 Å². The summed E-state index contributed by atoms with van der Waals surface area (Å²) in [4.78, 5) is 25.9. The van der Waals surface area contributed by atoms with E-state index in [9.17, 15) is 9.59 Å². The van der Waals surface area contributed by atoms with Crippen LogP contribution in [-0.2, 0) is 24.3 Å². The third kappa shape index (κ3) is 4.43. The van der Waals surface area contributed by atoms with Crippen LogP contribution in [0.1, 0.15) is 40.9 Å². The van der Waals surface area contributed by atoms with E-state index in [-0.39, 0.29) is 17.9 Å². The maximum Gasteiger partial charge on any atom is 0.254 e. The fourth-order valence-electron chi connectivity index (χ4n) is 4.05. The summed E-state index contributed by atoms with van der Waals surface area (Å²) in [7, 11) is 0. The SMILES string of the molecule is CC(=O)NC(C)Cc1ccc(-c2ccc(C(=O)N3Cc4ccccc4C3)cc2)cc1. The molecule has 0 aromatic heterocycles. The Morgan fingerprint density at radius 2 is 1.40 bits per heavy atom. The van der Waals surface area contributed by atoms with Gasteiger partial charge in [-0.1, -0.05) is 60.7 Å². The molecule has 0 radical (unpaired) electrons. The number of benzene rings is 3. The van der Waals surface area contributed by atoms with Crippen molar-refractivity contribution in [2.75, 3.05) is 0 Å². The Labute approximate surface area is 177 Å². The lowest BCUT2D eigenvalue weighted by molar-refractivity contribution is -0.119. The molecule has 0 saturated heterocycles. The first kappa shape index (κ1) is 19.9. The van der Waals surface area contributed by atoms with Crippen LogP contribution in [0.5, 0.6) is 0 Å². The van der Waals surface area contributed by atoms with Gasteiger partial charge < -0.3 is 10.2 Å². The highest BCUT2D eigenvalue weighted by Gasteiger charge is 2.23. The molecule has 0 spiro atoms. The number of nitrogens with zero attached hydrogens (tertiary/aromatic N) is 1. The van der Waals surface area contributed by atoms with E-state index in [4.69, 9.17) is 0 Å². The molecule has 0 bridgehead atoms. The first-order valence-electron chi connectivity index (χ1n) is 10.3. The maximum absolute atomic E-state index is 12.9. The number of amides is 2. The predicted octanol–water partition coefficient (Wildman–Crippen LogP) is 4.58. The zero-order chi connectivity index (χ0) is 21.1. The lowest BCUT2D eigenvalue weighted by Gasteiger charge is -2.16. The molecule has 3 aromatic rings. The van der Waals surface area contributed by atoms with Gasteiger partial charge in [-0.3, -0.25) is 9.59 Å². The Kier molecular flexibility index (Phi) is 5.66. The molecule has 1 heterocycles. The van der Waals surface area contributed by atoms with E-state index >= 15 is 0 Å². The smallest absolute Gasteiger partial charge is 0.254 e. The van der Waals surface area contributed by atoms with Crippen molar-refractivity contribution >= 4 is 11.8 Å². The summed E-state index contributed by atoms with van der Waals surface area (Å²) in [6.45, 7) is 4.89. The summed E-state index contributed by atoms with van der Waals surface area (Å²) < 4.78 is 0. The van der Waals surface area contributed by atoms with E-state index < -0.39 is 0 Å². The Morgan fingerprint density at radius 3 is 1.93 bits per heavy atom. The van der Waals surface area contributed by atoms with Gasteiger partial charge in [-0.05, 0) is 53.3 Å². The van der Waals surface area contributed by atoms with Crippen LogP contribution in [0.25, 0.3) is 11.1 Å². The summed E-state index contributed by atoms with van der Waals surface area (Å²) in [5.41, 5.74) is 6.55. The zero-order valence-corrected chi connectivity index (χ0v) is 17.4. The van der Waals surface area contributed by atoms with Crippen molar-refractivity contribution in [1.29, 1.82) is 0 Å². The van der Waals surface area contributed by atoms with Crippen molar-refractivity contribution in [3.63, 3.8) is 0 Å². The van der Waals surface area contributed by atoms with Crippen molar-refractivity contribution in [2.24, 2.45) is 0 Å². The van der Waals surface area contributed by atoms with Crippen LogP contribution in [0.2, 0.25) is 0 Å². The molecular weight excluding hydrogens is 372 g/mol. The van der Waals surface area contributed by atoms with Gasteiger partial charge in [0.15, 0.2) is 0 Å². The van der Waals surface area contributed by atoms with E-state index in [0.717, 1.165) is 17.5 Å². The van der Waals surface area contributed by atoms with Crippen molar-refractivity contribution in [3.05, 3.63) is 95.1 Å². The van der Waals surface area contributed by atoms with Gasteiger partial charge in [0.2, 0.25) is 5.91 Å². The Morgan fingerprint density at radius 1 is 0.867 bits per heavy atom. The number of rotatable bonds is 5. The van der Waals surface area contributed by atoms with Crippen LogP contribution < -0.4 is 5.32 Å². The second kappa shape index (κ2) is 8.54. The van der Waals surface area contributed by atoms with Gasteiger partial charge in [-0.25, -0.2) is 0 Å². The minimum Gasteiger partial charge on any atom is -0.354 e. The lowest BCUT2D eigenvalue weighted by atomic mass is 10.00. The monoisotopic (exact) mass is 398 g/mol. The molecule has 1 unspecified atom stereocenters. The van der Waals surface area contributed by atoms with Crippen molar-refractivity contribution < 1.29 is 9.59 Å². The quantitative estimate of drug-likeness (QED) is 0.684. The molecular formula is C26H26N2O2. The number of fused-ring (bicyclic) bond motifs is 1. The fourth-order valence-corrected chi connectivity index (χ4v) is 4.05. The molecule has 0 aliphatic carbocycles. The molecule has 1 N–H and O–H groups in total. The van der Waals surface area contributed by atoms with Crippen LogP contribution in [0.4, 0.5) is 0 Å². The first-order valence-corrected chi connectivity index (χ1v) is 10.3. The highest BCUT2D eigenvalue weighted by molar-refractivity contribution is 5.95. The van der Waals surface area contributed by atoms with Crippen LogP contribution >= 0.6 is 0 Å². The second-order valence-electron chi connectivity index (χ2n) is 8.01. The molecule has 4 rings (SSSR count). The maximum atomic E-state index is 12.9. The lowest BCUT2D eigenvalue weighted by Crippen LogP contribution is -2.31. The largest absolute Gasteiger partial charge is 0.354 e. The fraction of sp³-hybridized carbons (Fsp3) is 0.231. The Balaban J connectivity index is 1.41. The highest BCUT2D eigenvalue weighted by Crippen LogP contribution is 2.25. The Hall–Kier alpha value is -3.40. The molecule has 30 heavy (non-hydrogen) atoms. The standard InChI is InChI=1S/C26H26N2O2/c1-18(27-19(2)29)15-20-7-9-21(10-8-20)22-11-13-23(14-12-22)26(30)28-16-24-5-3-4-6-25(24)17-28/h3-14,18H,15-17H2,1-2H3,(H,27,29). The average Bonchev–Trinajstić information content (AvgIpc) is 3.17. The van der Waals surface area contributed by atoms with Gasteiger partial charge in [-0.2, -0.15) is 0 Å².